The first kappa shape index (κ1) is 11.5. The number of rotatable bonds is 2. The van der Waals surface area contributed by atoms with Gasteiger partial charge >= 0.3 is 0 Å². The maximum atomic E-state index is 9.23. The molecular formula is C15H12N2O2. The van der Waals surface area contributed by atoms with E-state index in [2.05, 4.69) is 10.5 Å². The highest BCUT2D eigenvalue weighted by Crippen LogP contribution is 2.20. The highest BCUT2D eigenvalue weighted by atomic mass is 16.5. The summed E-state index contributed by atoms with van der Waals surface area (Å²) >= 11 is 0. The van der Waals surface area contributed by atoms with Crippen molar-refractivity contribution in [2.45, 2.75) is 0 Å². The fourth-order valence-corrected chi connectivity index (χ4v) is 1.87. The number of hydrogen-bond acceptors (Lipinski definition) is 3. The number of furan rings is 1. The smallest absolute Gasteiger partial charge is 0.193 e. The Bertz CT molecular complexity index is 684. The summed E-state index contributed by atoms with van der Waals surface area (Å²) in [7, 11) is 0. The van der Waals surface area contributed by atoms with Crippen molar-refractivity contribution in [1.29, 1.82) is 0 Å². The van der Waals surface area contributed by atoms with Gasteiger partial charge in [-0.05, 0) is 24.3 Å². The van der Waals surface area contributed by atoms with E-state index in [9.17, 15) is 5.21 Å². The van der Waals surface area contributed by atoms with Gasteiger partial charge in [0.15, 0.2) is 11.6 Å². The monoisotopic (exact) mass is 252 g/mol. The van der Waals surface area contributed by atoms with Gasteiger partial charge in [0.25, 0.3) is 0 Å². The average molecular weight is 252 g/mol. The van der Waals surface area contributed by atoms with Crippen LogP contribution in [0.5, 0.6) is 0 Å². The summed E-state index contributed by atoms with van der Waals surface area (Å²) in [5.74, 6) is 0.773. The molecule has 0 radical (unpaired) electrons. The maximum Gasteiger partial charge on any atom is 0.193 e. The summed E-state index contributed by atoms with van der Waals surface area (Å²) in [6, 6.07) is 18.8. The van der Waals surface area contributed by atoms with E-state index in [0.29, 0.717) is 5.76 Å². The van der Waals surface area contributed by atoms with Crippen molar-refractivity contribution in [2.24, 2.45) is 4.99 Å². The number of para-hydroxylation sites is 2. The van der Waals surface area contributed by atoms with Gasteiger partial charge in [0.1, 0.15) is 5.58 Å². The molecule has 3 rings (SSSR count). The summed E-state index contributed by atoms with van der Waals surface area (Å²) in [4.78, 5) is 4.30. The van der Waals surface area contributed by atoms with E-state index in [1.165, 1.54) is 0 Å². The van der Waals surface area contributed by atoms with E-state index < -0.39 is 0 Å². The number of hydrogen-bond donors (Lipinski definition) is 2. The molecule has 2 aromatic carbocycles. The van der Waals surface area contributed by atoms with Gasteiger partial charge in [-0.1, -0.05) is 36.4 Å². The number of hydroxylamine groups is 1. The van der Waals surface area contributed by atoms with Crippen molar-refractivity contribution >= 4 is 22.5 Å². The van der Waals surface area contributed by atoms with Crippen LogP contribution in [0.1, 0.15) is 5.76 Å². The molecule has 2 N–H and O–H groups in total. The van der Waals surface area contributed by atoms with Gasteiger partial charge < -0.3 is 4.42 Å². The second-order valence-corrected chi connectivity index (χ2v) is 4.06. The number of aliphatic imine (C=N–C) groups is 1. The third-order valence-electron chi connectivity index (χ3n) is 2.76. The van der Waals surface area contributed by atoms with Crippen molar-refractivity contribution in [3.63, 3.8) is 0 Å². The van der Waals surface area contributed by atoms with Crippen LogP contribution in [0.2, 0.25) is 0 Å². The Morgan fingerprint density at radius 2 is 1.74 bits per heavy atom. The second-order valence-electron chi connectivity index (χ2n) is 4.06. The van der Waals surface area contributed by atoms with E-state index in [1.54, 1.807) is 0 Å². The van der Waals surface area contributed by atoms with Crippen LogP contribution in [0, 0.1) is 0 Å². The van der Waals surface area contributed by atoms with Crippen LogP contribution in [0.4, 0.5) is 5.69 Å². The minimum atomic E-state index is 0.280. The normalized spacial score (nSPS) is 11.7. The fourth-order valence-electron chi connectivity index (χ4n) is 1.87. The van der Waals surface area contributed by atoms with Crippen molar-refractivity contribution in [3.05, 3.63) is 66.4 Å². The summed E-state index contributed by atoms with van der Waals surface area (Å²) < 4.78 is 5.64. The summed E-state index contributed by atoms with van der Waals surface area (Å²) in [6.45, 7) is 0. The number of amidine groups is 1. The summed E-state index contributed by atoms with van der Waals surface area (Å²) in [5, 5.41) is 10.2. The van der Waals surface area contributed by atoms with E-state index in [-0.39, 0.29) is 5.84 Å². The Labute approximate surface area is 110 Å². The molecule has 0 aliphatic rings. The third-order valence-corrected chi connectivity index (χ3v) is 2.76. The van der Waals surface area contributed by atoms with Crippen molar-refractivity contribution in [2.75, 3.05) is 0 Å². The van der Waals surface area contributed by atoms with Gasteiger partial charge in [-0.25, -0.2) is 10.5 Å². The van der Waals surface area contributed by atoms with Gasteiger partial charge in [0, 0.05) is 5.39 Å². The SMILES string of the molecule is ONC(=Nc1ccccc1)c1cc2ccccc2o1. The standard InChI is InChI=1S/C15H12N2O2/c18-17-15(16-12-7-2-1-3-8-12)14-10-11-6-4-5-9-13(11)19-14/h1-10,18H,(H,16,17). The predicted octanol–water partition coefficient (Wildman–Crippen LogP) is 3.49. The van der Waals surface area contributed by atoms with Gasteiger partial charge in [0.2, 0.25) is 0 Å². The molecule has 4 nitrogen and oxygen atoms in total. The van der Waals surface area contributed by atoms with Crippen LogP contribution in [0.3, 0.4) is 0 Å². The van der Waals surface area contributed by atoms with Gasteiger partial charge in [-0.15, -0.1) is 0 Å². The topological polar surface area (TPSA) is 57.8 Å². The van der Waals surface area contributed by atoms with Crippen molar-refractivity contribution in [1.82, 2.24) is 5.48 Å². The molecule has 0 fully saturated rings. The average Bonchev–Trinajstić information content (AvgIpc) is 2.89. The molecule has 0 saturated carbocycles. The van der Waals surface area contributed by atoms with E-state index in [4.69, 9.17) is 4.42 Å². The molecule has 3 aromatic rings. The number of benzene rings is 2. The number of fused-ring (bicyclic) bond motifs is 1. The van der Waals surface area contributed by atoms with Gasteiger partial charge in [-0.3, -0.25) is 5.21 Å². The first-order valence-electron chi connectivity index (χ1n) is 5.89. The lowest BCUT2D eigenvalue weighted by Gasteiger charge is -2.00. The molecule has 1 aromatic heterocycles. The third kappa shape index (κ3) is 2.34. The van der Waals surface area contributed by atoms with Crippen LogP contribution in [0.25, 0.3) is 11.0 Å². The molecule has 0 atom stereocenters. The molecular weight excluding hydrogens is 240 g/mol. The van der Waals surface area contributed by atoms with Crippen LogP contribution in [0.15, 0.2) is 70.1 Å². The number of nitrogens with one attached hydrogen (secondary N) is 1. The van der Waals surface area contributed by atoms with Crippen LogP contribution < -0.4 is 5.48 Å². The molecule has 0 bridgehead atoms. The Morgan fingerprint density at radius 3 is 2.47 bits per heavy atom. The Kier molecular flexibility index (Phi) is 3.00. The minimum absolute atomic E-state index is 0.280. The van der Waals surface area contributed by atoms with Gasteiger partial charge in [0.05, 0.1) is 5.69 Å². The lowest BCUT2D eigenvalue weighted by Crippen LogP contribution is -2.19. The highest BCUT2D eigenvalue weighted by Gasteiger charge is 2.09. The second kappa shape index (κ2) is 4.96. The molecule has 19 heavy (non-hydrogen) atoms. The molecule has 0 aliphatic heterocycles. The van der Waals surface area contributed by atoms with Gasteiger partial charge in [-0.2, -0.15) is 0 Å². The summed E-state index contributed by atoms with van der Waals surface area (Å²) in [6.07, 6.45) is 0. The van der Waals surface area contributed by atoms with Crippen molar-refractivity contribution in [3.8, 4) is 0 Å². The van der Waals surface area contributed by atoms with Crippen LogP contribution >= 0.6 is 0 Å². The molecule has 0 amide bonds. The molecule has 0 unspecified atom stereocenters. The molecule has 0 aliphatic carbocycles. The Morgan fingerprint density at radius 1 is 1.00 bits per heavy atom. The zero-order valence-electron chi connectivity index (χ0n) is 10.1. The molecule has 0 spiro atoms. The molecule has 4 heteroatoms. The minimum Gasteiger partial charge on any atom is -0.453 e. The zero-order valence-corrected chi connectivity index (χ0v) is 10.1. The molecule has 1 heterocycles. The first-order chi connectivity index (χ1) is 9.36. The lowest BCUT2D eigenvalue weighted by molar-refractivity contribution is 0.233. The zero-order chi connectivity index (χ0) is 13.1. The van der Waals surface area contributed by atoms with Crippen LogP contribution in [-0.4, -0.2) is 11.0 Å². The molecule has 94 valence electrons. The van der Waals surface area contributed by atoms with E-state index in [0.717, 1.165) is 16.7 Å². The Balaban J connectivity index is 2.04. The summed E-state index contributed by atoms with van der Waals surface area (Å²) in [5.41, 5.74) is 3.58. The fraction of sp³-hybridized carbons (Fsp3) is 0. The van der Waals surface area contributed by atoms with E-state index in [1.807, 2.05) is 60.7 Å². The molecule has 0 saturated heterocycles. The maximum absolute atomic E-state index is 9.23. The van der Waals surface area contributed by atoms with Crippen LogP contribution in [-0.2, 0) is 0 Å². The van der Waals surface area contributed by atoms with Crippen molar-refractivity contribution < 1.29 is 9.62 Å². The highest BCUT2D eigenvalue weighted by molar-refractivity contribution is 6.00. The quantitative estimate of drug-likeness (QED) is 0.417. The predicted molar refractivity (Wildman–Crippen MR) is 73.8 cm³/mol. The van der Waals surface area contributed by atoms with E-state index >= 15 is 0 Å². The first-order valence-corrected chi connectivity index (χ1v) is 5.89. The number of nitrogens with zero attached hydrogens (tertiary/aromatic N) is 1. The lowest BCUT2D eigenvalue weighted by atomic mass is 10.2. The Hall–Kier alpha value is -2.59. The largest absolute Gasteiger partial charge is 0.453 e.